The van der Waals surface area contributed by atoms with Crippen molar-refractivity contribution in [2.75, 3.05) is 11.9 Å². The molecule has 0 aliphatic heterocycles. The first-order valence-electron chi connectivity index (χ1n) is 6.94. The molecule has 2 aromatic heterocycles. The van der Waals surface area contributed by atoms with Gasteiger partial charge >= 0.3 is 0 Å². The van der Waals surface area contributed by atoms with Gasteiger partial charge in [0.05, 0.1) is 6.54 Å². The molecule has 21 heavy (non-hydrogen) atoms. The Hall–Kier alpha value is -1.69. The molecule has 6 heteroatoms. The molecule has 112 valence electrons. The van der Waals surface area contributed by atoms with Crippen molar-refractivity contribution in [1.29, 1.82) is 0 Å². The Morgan fingerprint density at radius 2 is 2.05 bits per heavy atom. The smallest absolute Gasteiger partial charge is 0.253 e. The van der Waals surface area contributed by atoms with Crippen molar-refractivity contribution < 1.29 is 0 Å². The molecule has 0 aliphatic carbocycles. The number of rotatable bonds is 5. The van der Waals surface area contributed by atoms with E-state index >= 15 is 0 Å². The first-order chi connectivity index (χ1) is 9.99. The van der Waals surface area contributed by atoms with E-state index in [2.05, 4.69) is 38.1 Å². The van der Waals surface area contributed by atoms with Crippen molar-refractivity contribution in [2.45, 2.75) is 33.7 Å². The van der Waals surface area contributed by atoms with Crippen molar-refractivity contribution in [1.82, 2.24) is 14.5 Å². The number of anilines is 1. The average Bonchev–Trinajstić information content (AvgIpc) is 2.41. The zero-order valence-electron chi connectivity index (χ0n) is 12.5. The summed E-state index contributed by atoms with van der Waals surface area (Å²) < 4.78 is 2.49. The second-order valence-corrected chi connectivity index (χ2v) is 5.93. The number of aromatic nitrogens is 3. The second-order valence-electron chi connectivity index (χ2n) is 5.01. The fraction of sp³-hybridized carbons (Fsp3) is 0.400. The summed E-state index contributed by atoms with van der Waals surface area (Å²) >= 11 is 3.41. The van der Waals surface area contributed by atoms with Crippen LogP contribution in [0.3, 0.4) is 0 Å². The highest BCUT2D eigenvalue weighted by Crippen LogP contribution is 2.10. The van der Waals surface area contributed by atoms with E-state index in [4.69, 9.17) is 0 Å². The predicted octanol–water partition coefficient (Wildman–Crippen LogP) is 2.89. The highest BCUT2D eigenvalue weighted by Gasteiger charge is 2.07. The summed E-state index contributed by atoms with van der Waals surface area (Å²) in [6.45, 7) is 7.06. The van der Waals surface area contributed by atoms with Gasteiger partial charge in [-0.05, 0) is 42.3 Å². The number of hydrogen-bond acceptors (Lipinski definition) is 4. The van der Waals surface area contributed by atoms with Crippen LogP contribution in [0.2, 0.25) is 0 Å². The number of halogens is 1. The van der Waals surface area contributed by atoms with Gasteiger partial charge in [-0.3, -0.25) is 4.79 Å². The summed E-state index contributed by atoms with van der Waals surface area (Å²) in [6, 6.07) is 3.72. The summed E-state index contributed by atoms with van der Waals surface area (Å²) in [5, 5.41) is 3.25. The van der Waals surface area contributed by atoms with Crippen LogP contribution in [-0.4, -0.2) is 21.1 Å². The van der Waals surface area contributed by atoms with E-state index in [1.54, 1.807) is 17.7 Å². The van der Waals surface area contributed by atoms with Crippen molar-refractivity contribution in [2.24, 2.45) is 0 Å². The van der Waals surface area contributed by atoms with Crippen LogP contribution in [0.5, 0.6) is 0 Å². The lowest BCUT2D eigenvalue weighted by Gasteiger charge is -2.10. The van der Waals surface area contributed by atoms with Gasteiger partial charge in [0.15, 0.2) is 5.82 Å². The van der Waals surface area contributed by atoms with E-state index in [-0.39, 0.29) is 5.56 Å². The second kappa shape index (κ2) is 6.85. The van der Waals surface area contributed by atoms with Crippen molar-refractivity contribution in [3.8, 4) is 0 Å². The van der Waals surface area contributed by atoms with Gasteiger partial charge in [0.1, 0.15) is 5.82 Å². The van der Waals surface area contributed by atoms with E-state index in [9.17, 15) is 4.79 Å². The van der Waals surface area contributed by atoms with Crippen LogP contribution in [0.4, 0.5) is 5.82 Å². The highest BCUT2D eigenvalue weighted by molar-refractivity contribution is 9.10. The molecule has 0 radical (unpaired) electrons. The van der Waals surface area contributed by atoms with Crippen LogP contribution < -0.4 is 10.9 Å². The molecule has 0 aliphatic rings. The SMILES string of the molecule is CCCNc1cc(C)nc(Cn2cc(Br)cc(C)c2=O)n1. The first-order valence-corrected chi connectivity index (χ1v) is 7.74. The van der Waals surface area contributed by atoms with Crippen molar-refractivity contribution >= 4 is 21.7 Å². The van der Waals surface area contributed by atoms with Crippen molar-refractivity contribution in [3.05, 3.63) is 50.2 Å². The standard InChI is InChI=1S/C15H19BrN4O/c1-4-5-17-13-7-11(3)18-14(19-13)9-20-8-12(16)6-10(2)15(20)21/h6-8H,4-5,9H2,1-3H3,(H,17,18,19). The molecule has 1 N–H and O–H groups in total. The van der Waals surface area contributed by atoms with Gasteiger partial charge in [-0.1, -0.05) is 6.92 Å². The molecule has 0 amide bonds. The molecule has 2 heterocycles. The molecule has 0 saturated heterocycles. The van der Waals surface area contributed by atoms with Gasteiger partial charge in [-0.25, -0.2) is 9.97 Å². The molecule has 0 aromatic carbocycles. The molecule has 2 rings (SSSR count). The minimum absolute atomic E-state index is 0.0219. The molecule has 0 atom stereocenters. The third-order valence-electron chi connectivity index (χ3n) is 3.00. The van der Waals surface area contributed by atoms with Crippen molar-refractivity contribution in [3.63, 3.8) is 0 Å². The van der Waals surface area contributed by atoms with E-state index in [1.165, 1.54) is 0 Å². The van der Waals surface area contributed by atoms with Crippen LogP contribution >= 0.6 is 15.9 Å². The molecule has 0 spiro atoms. The third-order valence-corrected chi connectivity index (χ3v) is 3.43. The largest absolute Gasteiger partial charge is 0.370 e. The molecule has 5 nitrogen and oxygen atoms in total. The Labute approximate surface area is 132 Å². The van der Waals surface area contributed by atoms with Gasteiger partial charge < -0.3 is 9.88 Å². The molecule has 0 fully saturated rings. The Kier molecular flexibility index (Phi) is 5.12. The maximum Gasteiger partial charge on any atom is 0.253 e. The summed E-state index contributed by atoms with van der Waals surface area (Å²) in [6.07, 6.45) is 2.79. The van der Waals surface area contributed by atoms with Gasteiger partial charge in [0.2, 0.25) is 0 Å². The Morgan fingerprint density at radius 3 is 2.76 bits per heavy atom. The van der Waals surface area contributed by atoms with Gasteiger partial charge in [-0.15, -0.1) is 0 Å². The van der Waals surface area contributed by atoms with Gasteiger partial charge in [-0.2, -0.15) is 0 Å². The minimum atomic E-state index is -0.0219. The summed E-state index contributed by atoms with van der Waals surface area (Å²) in [5.74, 6) is 1.44. The first kappa shape index (κ1) is 15.7. The lowest BCUT2D eigenvalue weighted by atomic mass is 10.3. The minimum Gasteiger partial charge on any atom is -0.370 e. The van der Waals surface area contributed by atoms with Crippen LogP contribution in [0.25, 0.3) is 0 Å². The summed E-state index contributed by atoms with van der Waals surface area (Å²) in [4.78, 5) is 21.0. The number of aryl methyl sites for hydroxylation is 2. The average molecular weight is 351 g/mol. The Balaban J connectivity index is 2.31. The zero-order valence-corrected chi connectivity index (χ0v) is 14.1. The Bertz CT molecular complexity index is 697. The normalized spacial score (nSPS) is 10.7. The summed E-state index contributed by atoms with van der Waals surface area (Å²) in [5.41, 5.74) is 1.56. The topological polar surface area (TPSA) is 59.8 Å². The van der Waals surface area contributed by atoms with E-state index in [1.807, 2.05) is 19.1 Å². The molecule has 0 unspecified atom stereocenters. The fourth-order valence-electron chi connectivity index (χ4n) is 2.05. The lowest BCUT2D eigenvalue weighted by Crippen LogP contribution is -2.23. The fourth-order valence-corrected chi connectivity index (χ4v) is 2.64. The summed E-state index contributed by atoms with van der Waals surface area (Å²) in [7, 11) is 0. The quantitative estimate of drug-likeness (QED) is 0.900. The molecule has 2 aromatic rings. The van der Waals surface area contributed by atoms with Gasteiger partial charge in [0.25, 0.3) is 5.56 Å². The number of pyridine rings is 1. The number of nitrogens with zero attached hydrogens (tertiary/aromatic N) is 3. The lowest BCUT2D eigenvalue weighted by molar-refractivity contribution is 0.704. The molecule has 0 bridgehead atoms. The predicted molar refractivity (Wildman–Crippen MR) is 87.8 cm³/mol. The van der Waals surface area contributed by atoms with Crippen LogP contribution in [0, 0.1) is 13.8 Å². The molecular weight excluding hydrogens is 332 g/mol. The highest BCUT2D eigenvalue weighted by atomic mass is 79.9. The third kappa shape index (κ3) is 4.14. The monoisotopic (exact) mass is 350 g/mol. The van der Waals surface area contributed by atoms with E-state index < -0.39 is 0 Å². The van der Waals surface area contributed by atoms with Crippen LogP contribution in [0.15, 0.2) is 27.6 Å². The molecular formula is C15H19BrN4O. The Morgan fingerprint density at radius 1 is 1.29 bits per heavy atom. The van der Waals surface area contributed by atoms with Gasteiger partial charge in [0, 0.05) is 34.5 Å². The van der Waals surface area contributed by atoms with Crippen LogP contribution in [0.1, 0.15) is 30.4 Å². The van der Waals surface area contributed by atoms with E-state index in [0.29, 0.717) is 17.9 Å². The maximum atomic E-state index is 12.1. The number of nitrogens with one attached hydrogen (secondary N) is 1. The van der Waals surface area contributed by atoms with Crippen LogP contribution in [-0.2, 0) is 6.54 Å². The zero-order chi connectivity index (χ0) is 15.4. The maximum absolute atomic E-state index is 12.1. The number of hydrogen-bond donors (Lipinski definition) is 1. The van der Waals surface area contributed by atoms with E-state index in [0.717, 1.165) is 29.0 Å². The molecule has 0 saturated carbocycles.